The lowest BCUT2D eigenvalue weighted by Gasteiger charge is -2.26. The van der Waals surface area contributed by atoms with Crippen LogP contribution >= 0.6 is 22.6 Å². The van der Waals surface area contributed by atoms with Gasteiger partial charge < -0.3 is 14.7 Å². The molecule has 9 heteroatoms. The van der Waals surface area contributed by atoms with Crippen molar-refractivity contribution in [3.8, 4) is 0 Å². The van der Waals surface area contributed by atoms with Crippen LogP contribution in [-0.4, -0.2) is 29.6 Å². The number of hydrogen-bond acceptors (Lipinski definition) is 6. The van der Waals surface area contributed by atoms with E-state index in [1.807, 2.05) is 83.3 Å². The Labute approximate surface area is 235 Å². The molecular formula is C29H26IN3O4S. The lowest BCUT2D eigenvalue weighted by Crippen LogP contribution is -2.25. The predicted molar refractivity (Wildman–Crippen MR) is 156 cm³/mol. The van der Waals surface area contributed by atoms with Crippen LogP contribution in [0.4, 0.5) is 5.82 Å². The smallest absolute Gasteiger partial charge is 0.269 e. The van der Waals surface area contributed by atoms with Gasteiger partial charge in [0.05, 0.1) is 8.60 Å². The van der Waals surface area contributed by atoms with E-state index in [4.69, 9.17) is 9.72 Å². The largest absolute Gasteiger partial charge is 0.364 e. The van der Waals surface area contributed by atoms with Crippen LogP contribution in [0.3, 0.4) is 0 Å². The van der Waals surface area contributed by atoms with Gasteiger partial charge in [0.2, 0.25) is 0 Å². The molecule has 0 spiro atoms. The van der Waals surface area contributed by atoms with Crippen LogP contribution in [0.5, 0.6) is 0 Å². The molecule has 2 aromatic heterocycles. The molecule has 0 aliphatic rings. The number of anilines is 1. The van der Waals surface area contributed by atoms with Crippen molar-refractivity contribution < 1.29 is 18.3 Å². The third kappa shape index (κ3) is 5.19. The molecule has 0 saturated heterocycles. The van der Waals surface area contributed by atoms with Crippen LogP contribution in [0.15, 0.2) is 108 Å². The van der Waals surface area contributed by atoms with E-state index < -0.39 is 16.3 Å². The van der Waals surface area contributed by atoms with Crippen LogP contribution in [0.1, 0.15) is 23.0 Å². The van der Waals surface area contributed by atoms with E-state index in [1.165, 1.54) is 11.1 Å². The minimum Gasteiger partial charge on any atom is -0.364 e. The quantitative estimate of drug-likeness (QED) is 0.164. The highest BCUT2D eigenvalue weighted by Gasteiger charge is 2.29. The third-order valence-corrected chi connectivity index (χ3v) is 9.12. The molecule has 7 nitrogen and oxygen atoms in total. The van der Waals surface area contributed by atoms with Crippen molar-refractivity contribution in [1.29, 1.82) is 0 Å². The van der Waals surface area contributed by atoms with Crippen molar-refractivity contribution in [2.45, 2.75) is 24.3 Å². The van der Waals surface area contributed by atoms with Gasteiger partial charge in [-0.2, -0.15) is 0 Å². The summed E-state index contributed by atoms with van der Waals surface area (Å²) in [6, 6.07) is 30.0. The Morgan fingerprint density at radius 1 is 0.921 bits per heavy atom. The van der Waals surface area contributed by atoms with Gasteiger partial charge in [-0.15, -0.1) is 0 Å². The molecule has 5 rings (SSSR count). The molecule has 5 aromatic rings. The molecule has 1 N–H and O–H groups in total. The zero-order chi connectivity index (χ0) is 26.7. The predicted octanol–water partition coefficient (Wildman–Crippen LogP) is 5.72. The number of benzene rings is 3. The number of halogens is 1. The Balaban J connectivity index is 1.78. The molecule has 2 heterocycles. The number of hydrogen-bond donors (Lipinski definition) is 1. The summed E-state index contributed by atoms with van der Waals surface area (Å²) in [5.41, 5.74) is 2.89. The molecule has 0 amide bonds. The first-order chi connectivity index (χ1) is 18.4. The van der Waals surface area contributed by atoms with Crippen molar-refractivity contribution in [2.75, 3.05) is 12.0 Å². The Kier molecular flexibility index (Phi) is 7.80. The summed E-state index contributed by atoms with van der Waals surface area (Å²) in [5, 5.41) is 11.2. The minimum absolute atomic E-state index is 0.164. The summed E-state index contributed by atoms with van der Waals surface area (Å²) in [4.78, 5) is 6.97. The second kappa shape index (κ2) is 11.2. The summed E-state index contributed by atoms with van der Waals surface area (Å²) in [5.74, 6) is 0.488. The fraction of sp³-hybridized carbons (Fsp3) is 0.138. The van der Waals surface area contributed by atoms with Crippen molar-refractivity contribution in [3.05, 3.63) is 124 Å². The average molecular weight is 640 g/mol. The summed E-state index contributed by atoms with van der Waals surface area (Å²) in [6.07, 6.45) is 0.298. The molecule has 0 aliphatic heterocycles. The molecule has 0 saturated carbocycles. The van der Waals surface area contributed by atoms with Gasteiger partial charge in [-0.3, -0.25) is 0 Å². The van der Waals surface area contributed by atoms with E-state index in [0.29, 0.717) is 39.1 Å². The topological polar surface area (TPSA) is 84.7 Å². The zero-order valence-corrected chi connectivity index (χ0v) is 23.6. The highest BCUT2D eigenvalue weighted by molar-refractivity contribution is 14.1. The Morgan fingerprint density at radius 2 is 1.45 bits per heavy atom. The molecule has 38 heavy (non-hydrogen) atoms. The zero-order valence-electron chi connectivity index (χ0n) is 20.6. The Hall–Kier alpha value is -3.25. The summed E-state index contributed by atoms with van der Waals surface area (Å²) in [7, 11) is -2.59. The third-order valence-electron chi connectivity index (χ3n) is 6.27. The van der Waals surface area contributed by atoms with E-state index >= 15 is 0 Å². The minimum atomic E-state index is -3.98. The monoisotopic (exact) mass is 639 g/mol. The van der Waals surface area contributed by atoms with Crippen molar-refractivity contribution >= 4 is 49.3 Å². The van der Waals surface area contributed by atoms with Gasteiger partial charge in [0.1, 0.15) is 5.52 Å². The van der Waals surface area contributed by atoms with Gasteiger partial charge in [-0.05, 0) is 51.9 Å². The number of aliphatic hydroxyl groups is 1. The van der Waals surface area contributed by atoms with E-state index in [9.17, 15) is 13.5 Å². The molecule has 3 aromatic carbocycles. The van der Waals surface area contributed by atoms with Gasteiger partial charge in [0.25, 0.3) is 10.0 Å². The van der Waals surface area contributed by atoms with Crippen molar-refractivity contribution in [1.82, 2.24) is 8.96 Å². The molecule has 1 atom stereocenters. The average Bonchev–Trinajstić information content (AvgIpc) is 3.31. The second-order valence-corrected chi connectivity index (χ2v) is 11.7. The molecule has 0 bridgehead atoms. The number of fused-ring (bicyclic) bond motifs is 1. The van der Waals surface area contributed by atoms with E-state index in [-0.39, 0.29) is 4.90 Å². The van der Waals surface area contributed by atoms with Crippen LogP contribution in [0.2, 0.25) is 0 Å². The number of ether oxygens (including phenoxy) is 1. The number of nitrogens with zero attached hydrogens (tertiary/aromatic N) is 3. The Morgan fingerprint density at radius 3 is 1.97 bits per heavy atom. The Bertz CT molecular complexity index is 1600. The summed E-state index contributed by atoms with van der Waals surface area (Å²) in [6.45, 7) is 0.994. The molecule has 1 unspecified atom stereocenters. The van der Waals surface area contributed by atoms with E-state index in [0.717, 1.165) is 11.1 Å². The molecule has 194 valence electrons. The molecule has 0 radical (unpaired) electrons. The number of methoxy groups -OCH3 is 1. The number of aliphatic hydroxyl groups excluding tert-OH is 1. The maximum Gasteiger partial charge on any atom is 0.269 e. The molecule has 0 fully saturated rings. The SMILES string of the molecule is COC(O)c1cnc(N(Cc2ccccc2)Cc2ccccc2)c2c1cc(I)n2S(=O)(=O)c1ccccc1. The van der Waals surface area contributed by atoms with Crippen molar-refractivity contribution in [2.24, 2.45) is 0 Å². The van der Waals surface area contributed by atoms with E-state index in [1.54, 1.807) is 42.6 Å². The maximum absolute atomic E-state index is 14.0. The molecular weight excluding hydrogens is 613 g/mol. The first-order valence-corrected chi connectivity index (χ1v) is 14.5. The van der Waals surface area contributed by atoms with Gasteiger partial charge in [-0.1, -0.05) is 78.9 Å². The summed E-state index contributed by atoms with van der Waals surface area (Å²) >= 11 is 2.02. The highest BCUT2D eigenvalue weighted by atomic mass is 127. The first kappa shape index (κ1) is 26.4. The maximum atomic E-state index is 14.0. The van der Waals surface area contributed by atoms with Crippen LogP contribution < -0.4 is 4.90 Å². The standard InChI is InChI=1S/C29H26IN3O4S/c1-37-29(34)25-18-31-28(32(19-21-11-5-2-6-12-21)20-22-13-7-3-8-14-22)27-24(25)17-26(30)33(27)38(35,36)23-15-9-4-10-16-23/h2-18,29,34H,19-20H2,1H3. The lowest BCUT2D eigenvalue weighted by atomic mass is 10.1. The van der Waals surface area contributed by atoms with Gasteiger partial charge >= 0.3 is 0 Å². The number of aromatic nitrogens is 2. The molecule has 0 aliphatic carbocycles. The fourth-order valence-electron chi connectivity index (χ4n) is 4.46. The normalized spacial score (nSPS) is 12.5. The van der Waals surface area contributed by atoms with Crippen LogP contribution in [-0.2, 0) is 27.8 Å². The number of pyridine rings is 1. The summed E-state index contributed by atoms with van der Waals surface area (Å²) < 4.78 is 35.0. The van der Waals surface area contributed by atoms with Gasteiger partial charge in [0, 0.05) is 37.3 Å². The lowest BCUT2D eigenvalue weighted by molar-refractivity contribution is -0.0760. The number of rotatable bonds is 9. The van der Waals surface area contributed by atoms with Crippen LogP contribution in [0.25, 0.3) is 10.9 Å². The highest BCUT2D eigenvalue weighted by Crippen LogP contribution is 2.37. The van der Waals surface area contributed by atoms with Crippen LogP contribution in [0, 0.1) is 3.70 Å². The van der Waals surface area contributed by atoms with Crippen molar-refractivity contribution in [3.63, 3.8) is 0 Å². The fourth-order valence-corrected chi connectivity index (χ4v) is 7.20. The first-order valence-electron chi connectivity index (χ1n) is 11.9. The van der Waals surface area contributed by atoms with Gasteiger partial charge in [-0.25, -0.2) is 17.4 Å². The van der Waals surface area contributed by atoms with Gasteiger partial charge in [0.15, 0.2) is 12.1 Å². The second-order valence-electron chi connectivity index (χ2n) is 8.76. The van der Waals surface area contributed by atoms with E-state index in [2.05, 4.69) is 4.90 Å².